The van der Waals surface area contributed by atoms with E-state index in [2.05, 4.69) is 6.92 Å². The summed E-state index contributed by atoms with van der Waals surface area (Å²) in [6, 6.07) is 5.57. The number of alkyl halides is 4. The van der Waals surface area contributed by atoms with Gasteiger partial charge in [0.05, 0.1) is 6.61 Å². The average molecular weight is 413 g/mol. The quantitative estimate of drug-likeness (QED) is 0.412. The first-order valence-electron chi connectivity index (χ1n) is 9.41. The van der Waals surface area contributed by atoms with E-state index < -0.39 is 17.8 Å². The summed E-state index contributed by atoms with van der Waals surface area (Å²) in [5, 5.41) is 8.87. The molecule has 1 aliphatic heterocycles. The van der Waals surface area contributed by atoms with Crippen LogP contribution in [0.4, 0.5) is 17.6 Å². The van der Waals surface area contributed by atoms with Crippen molar-refractivity contribution in [2.24, 2.45) is 5.92 Å². The zero-order chi connectivity index (χ0) is 21.2. The van der Waals surface area contributed by atoms with Crippen molar-refractivity contribution in [2.45, 2.75) is 31.6 Å². The Morgan fingerprint density at radius 1 is 1.38 bits per heavy atom. The van der Waals surface area contributed by atoms with E-state index in [9.17, 15) is 22.4 Å². The SMILES string of the molecule is C[C@@H]1Cc2cc(OCC/C=C/C(F)(F)F)ccc2C=C1CN1CC(F)(C(=O)O)C1. The highest BCUT2D eigenvalue weighted by Crippen LogP contribution is 2.34. The summed E-state index contributed by atoms with van der Waals surface area (Å²) in [4.78, 5) is 12.7. The summed E-state index contributed by atoms with van der Waals surface area (Å²) < 4.78 is 55.6. The Morgan fingerprint density at radius 3 is 2.76 bits per heavy atom. The van der Waals surface area contributed by atoms with Gasteiger partial charge < -0.3 is 9.84 Å². The third-order valence-corrected chi connectivity index (χ3v) is 5.21. The molecule has 0 spiro atoms. The fourth-order valence-electron chi connectivity index (χ4n) is 3.62. The topological polar surface area (TPSA) is 49.8 Å². The molecule has 1 fully saturated rings. The van der Waals surface area contributed by atoms with Crippen LogP contribution in [-0.4, -0.2) is 54.1 Å². The number of fused-ring (bicyclic) bond motifs is 1. The van der Waals surface area contributed by atoms with Crippen LogP contribution in [0.1, 0.15) is 24.5 Å². The number of rotatable bonds is 7. The normalized spacial score (nSPS) is 21.4. The van der Waals surface area contributed by atoms with Crippen LogP contribution in [0.15, 0.2) is 35.9 Å². The molecule has 29 heavy (non-hydrogen) atoms. The van der Waals surface area contributed by atoms with Gasteiger partial charge in [0.15, 0.2) is 0 Å². The van der Waals surface area contributed by atoms with Crippen LogP contribution in [0.3, 0.4) is 0 Å². The molecule has 1 saturated heterocycles. The molecule has 0 unspecified atom stereocenters. The van der Waals surface area contributed by atoms with Crippen LogP contribution >= 0.6 is 0 Å². The maximum absolute atomic E-state index is 13.9. The lowest BCUT2D eigenvalue weighted by Crippen LogP contribution is -2.63. The molecule has 1 aromatic rings. The van der Waals surface area contributed by atoms with Crippen molar-refractivity contribution in [2.75, 3.05) is 26.2 Å². The van der Waals surface area contributed by atoms with Gasteiger partial charge in [-0.05, 0) is 42.0 Å². The van der Waals surface area contributed by atoms with E-state index in [1.54, 1.807) is 11.0 Å². The Kier molecular flexibility index (Phi) is 6.03. The lowest BCUT2D eigenvalue weighted by Gasteiger charge is -2.42. The number of benzene rings is 1. The highest BCUT2D eigenvalue weighted by Gasteiger charge is 2.50. The molecule has 0 aromatic heterocycles. The number of likely N-dealkylation sites (tertiary alicyclic amines) is 1. The van der Waals surface area contributed by atoms with E-state index >= 15 is 0 Å². The number of ether oxygens (including phenoxy) is 1. The molecule has 0 bridgehead atoms. The monoisotopic (exact) mass is 413 g/mol. The lowest BCUT2D eigenvalue weighted by atomic mass is 9.83. The first-order valence-corrected chi connectivity index (χ1v) is 9.41. The third kappa shape index (κ3) is 5.38. The fourth-order valence-corrected chi connectivity index (χ4v) is 3.62. The highest BCUT2D eigenvalue weighted by molar-refractivity contribution is 5.79. The van der Waals surface area contributed by atoms with E-state index in [4.69, 9.17) is 9.84 Å². The minimum atomic E-state index is -4.30. The Balaban J connectivity index is 1.56. The molecule has 1 aliphatic carbocycles. The van der Waals surface area contributed by atoms with Gasteiger partial charge in [-0.3, -0.25) is 4.90 Å². The largest absolute Gasteiger partial charge is 0.493 e. The second-order valence-electron chi connectivity index (χ2n) is 7.68. The van der Waals surface area contributed by atoms with Crippen LogP contribution in [0, 0.1) is 5.92 Å². The Bertz CT molecular complexity index is 826. The fraction of sp³-hybridized carbons (Fsp3) is 0.476. The minimum absolute atomic E-state index is 0.102. The molecule has 1 N–H and O–H groups in total. The standard InChI is InChI=1S/C21H23F4NO3/c1-14-8-16-10-18(29-7-3-2-6-21(23,24)25)5-4-15(16)9-17(14)11-26-12-20(22,13-26)19(27)28/h2,4-6,9-10,14H,3,7-8,11-13H2,1H3,(H,27,28)/b6-2+/t14-/m1/s1. The van der Waals surface area contributed by atoms with Gasteiger partial charge in [0.25, 0.3) is 0 Å². The number of carboxylic acid groups (broad SMARTS) is 1. The molecule has 0 saturated carbocycles. The number of carboxylic acids is 1. The molecule has 2 aliphatic rings. The number of aliphatic carboxylic acids is 1. The number of nitrogens with zero attached hydrogens (tertiary/aromatic N) is 1. The van der Waals surface area contributed by atoms with Crippen molar-refractivity contribution >= 4 is 12.0 Å². The molecule has 4 nitrogen and oxygen atoms in total. The lowest BCUT2D eigenvalue weighted by molar-refractivity contribution is -0.163. The van der Waals surface area contributed by atoms with Crippen molar-refractivity contribution in [1.82, 2.24) is 4.90 Å². The zero-order valence-corrected chi connectivity index (χ0v) is 16.0. The number of allylic oxidation sites excluding steroid dienone is 1. The van der Waals surface area contributed by atoms with Crippen LogP contribution < -0.4 is 4.74 Å². The van der Waals surface area contributed by atoms with E-state index in [1.807, 2.05) is 18.2 Å². The van der Waals surface area contributed by atoms with E-state index in [-0.39, 0.29) is 38.1 Å². The van der Waals surface area contributed by atoms with Crippen molar-refractivity contribution in [3.05, 3.63) is 47.1 Å². The van der Waals surface area contributed by atoms with Crippen LogP contribution in [0.5, 0.6) is 5.75 Å². The summed E-state index contributed by atoms with van der Waals surface area (Å²) in [5.74, 6) is -0.585. The number of carbonyl (C=O) groups is 1. The number of hydrogen-bond acceptors (Lipinski definition) is 3. The summed E-state index contributed by atoms with van der Waals surface area (Å²) >= 11 is 0. The molecular formula is C21H23F4NO3. The first-order chi connectivity index (χ1) is 13.6. The maximum atomic E-state index is 13.9. The molecule has 0 amide bonds. The first kappa shape index (κ1) is 21.4. The van der Waals surface area contributed by atoms with Crippen LogP contribution in [0.25, 0.3) is 6.08 Å². The summed E-state index contributed by atoms with van der Waals surface area (Å²) in [5.41, 5.74) is 1.08. The van der Waals surface area contributed by atoms with Gasteiger partial charge in [-0.1, -0.05) is 30.7 Å². The third-order valence-electron chi connectivity index (χ3n) is 5.21. The summed E-state index contributed by atoms with van der Waals surface area (Å²) in [6.07, 6.45) is -0.0839. The van der Waals surface area contributed by atoms with Gasteiger partial charge >= 0.3 is 12.1 Å². The van der Waals surface area contributed by atoms with Crippen molar-refractivity contribution in [3.8, 4) is 5.75 Å². The van der Waals surface area contributed by atoms with Gasteiger partial charge in [0.1, 0.15) is 5.75 Å². The van der Waals surface area contributed by atoms with Gasteiger partial charge in [0, 0.05) is 25.7 Å². The Hall–Kier alpha value is -2.35. The van der Waals surface area contributed by atoms with E-state index in [0.29, 0.717) is 12.3 Å². The minimum Gasteiger partial charge on any atom is -0.493 e. The molecule has 3 rings (SSSR count). The second-order valence-corrected chi connectivity index (χ2v) is 7.68. The summed E-state index contributed by atoms with van der Waals surface area (Å²) in [6.45, 7) is 2.54. The smallest absolute Gasteiger partial charge is 0.409 e. The summed E-state index contributed by atoms with van der Waals surface area (Å²) in [7, 11) is 0. The Labute approximate surface area is 166 Å². The predicted octanol–water partition coefficient (Wildman–Crippen LogP) is 4.26. The zero-order valence-electron chi connectivity index (χ0n) is 16.0. The molecule has 0 radical (unpaired) electrons. The number of halogens is 4. The van der Waals surface area contributed by atoms with Crippen molar-refractivity contribution in [1.29, 1.82) is 0 Å². The second kappa shape index (κ2) is 8.18. The number of hydrogen-bond donors (Lipinski definition) is 1. The van der Waals surface area contributed by atoms with Crippen LogP contribution in [0.2, 0.25) is 0 Å². The predicted molar refractivity (Wildman–Crippen MR) is 101 cm³/mol. The highest BCUT2D eigenvalue weighted by atomic mass is 19.4. The van der Waals surface area contributed by atoms with Gasteiger partial charge in [-0.15, -0.1) is 0 Å². The van der Waals surface area contributed by atoms with Crippen molar-refractivity contribution in [3.63, 3.8) is 0 Å². The average Bonchev–Trinajstić information content (AvgIpc) is 2.59. The molecule has 1 aromatic carbocycles. The van der Waals surface area contributed by atoms with Gasteiger partial charge in [-0.2, -0.15) is 13.2 Å². The van der Waals surface area contributed by atoms with Gasteiger partial charge in [0.2, 0.25) is 5.67 Å². The van der Waals surface area contributed by atoms with Gasteiger partial charge in [-0.25, -0.2) is 9.18 Å². The molecule has 158 valence electrons. The van der Waals surface area contributed by atoms with Crippen LogP contribution in [-0.2, 0) is 11.2 Å². The molecule has 1 heterocycles. The van der Waals surface area contributed by atoms with E-state index in [0.717, 1.165) is 29.2 Å². The van der Waals surface area contributed by atoms with Crippen molar-refractivity contribution < 1.29 is 32.2 Å². The molecule has 1 atom stereocenters. The van der Waals surface area contributed by atoms with E-state index in [1.165, 1.54) is 0 Å². The molecular weight excluding hydrogens is 390 g/mol. The Morgan fingerprint density at radius 2 is 2.10 bits per heavy atom. The molecule has 8 heteroatoms. The maximum Gasteiger partial charge on any atom is 0.409 e.